The number of nitrogens with one attached hydrogen (secondary N) is 1. The van der Waals surface area contributed by atoms with E-state index in [9.17, 15) is 4.79 Å². The van der Waals surface area contributed by atoms with Crippen molar-refractivity contribution in [1.29, 1.82) is 0 Å². The molecule has 0 fully saturated rings. The number of amides is 1. The van der Waals surface area contributed by atoms with Gasteiger partial charge in [-0.05, 0) is 58.6 Å². The zero-order valence-corrected chi connectivity index (χ0v) is 15.8. The molecule has 1 aliphatic rings. The van der Waals surface area contributed by atoms with E-state index < -0.39 is 0 Å². The van der Waals surface area contributed by atoms with Crippen LogP contribution in [0.2, 0.25) is 0 Å². The van der Waals surface area contributed by atoms with E-state index in [-0.39, 0.29) is 11.9 Å². The molecule has 0 radical (unpaired) electrons. The van der Waals surface area contributed by atoms with Crippen molar-refractivity contribution in [2.24, 2.45) is 0 Å². The van der Waals surface area contributed by atoms with Crippen LogP contribution >= 0.6 is 0 Å². The summed E-state index contributed by atoms with van der Waals surface area (Å²) in [6, 6.07) is 2.24. The summed E-state index contributed by atoms with van der Waals surface area (Å²) in [7, 11) is 1.67. The van der Waals surface area contributed by atoms with E-state index in [2.05, 4.69) is 11.4 Å². The second-order valence-electron chi connectivity index (χ2n) is 7.16. The van der Waals surface area contributed by atoms with Crippen LogP contribution in [0.3, 0.4) is 0 Å². The van der Waals surface area contributed by atoms with Crippen LogP contribution in [-0.2, 0) is 17.6 Å². The number of carbonyl (C=O) groups is 1. The van der Waals surface area contributed by atoms with Crippen molar-refractivity contribution in [3.05, 3.63) is 34.6 Å². The average Bonchev–Trinajstić information content (AvgIpc) is 2.93. The summed E-state index contributed by atoms with van der Waals surface area (Å²) < 4.78 is 11.8. The first kappa shape index (κ1) is 17.6. The van der Waals surface area contributed by atoms with Crippen LogP contribution in [0.25, 0.3) is 16.5 Å². The zero-order valence-electron chi connectivity index (χ0n) is 15.8. The molecule has 0 aliphatic heterocycles. The molecule has 2 aromatic rings. The fourth-order valence-electron chi connectivity index (χ4n) is 3.69. The van der Waals surface area contributed by atoms with Crippen molar-refractivity contribution in [2.45, 2.75) is 59.4 Å². The minimum atomic E-state index is -0.0819. The van der Waals surface area contributed by atoms with E-state index >= 15 is 0 Å². The van der Waals surface area contributed by atoms with Gasteiger partial charge < -0.3 is 14.5 Å². The Kier molecular flexibility index (Phi) is 4.89. The maximum atomic E-state index is 12.1. The molecule has 0 spiro atoms. The van der Waals surface area contributed by atoms with Crippen molar-refractivity contribution in [1.82, 2.24) is 5.32 Å². The molecule has 1 aliphatic carbocycles. The first-order valence-corrected chi connectivity index (χ1v) is 9.03. The summed E-state index contributed by atoms with van der Waals surface area (Å²) in [5.74, 6) is 1.81. The lowest BCUT2D eigenvalue weighted by Crippen LogP contribution is -2.28. The summed E-state index contributed by atoms with van der Waals surface area (Å²) in [5.41, 5.74) is 5.10. The lowest BCUT2D eigenvalue weighted by molar-refractivity contribution is -0.116. The van der Waals surface area contributed by atoms with E-state index in [0.29, 0.717) is 0 Å². The highest BCUT2D eigenvalue weighted by Crippen LogP contribution is 2.40. The Morgan fingerprint density at radius 2 is 2.04 bits per heavy atom. The van der Waals surface area contributed by atoms with Crippen molar-refractivity contribution in [3.63, 3.8) is 0 Å². The predicted molar refractivity (Wildman–Crippen MR) is 101 cm³/mol. The van der Waals surface area contributed by atoms with Crippen molar-refractivity contribution in [3.8, 4) is 5.75 Å². The third-order valence-electron chi connectivity index (χ3n) is 4.83. The van der Waals surface area contributed by atoms with Crippen molar-refractivity contribution < 1.29 is 13.9 Å². The lowest BCUT2D eigenvalue weighted by Gasteiger charge is -2.14. The molecule has 3 rings (SSSR count). The van der Waals surface area contributed by atoms with Crippen LogP contribution in [0.5, 0.6) is 5.75 Å². The maximum absolute atomic E-state index is 12.1. The Balaban J connectivity index is 2.13. The van der Waals surface area contributed by atoms with Gasteiger partial charge in [0.05, 0.1) is 7.11 Å². The summed E-state index contributed by atoms with van der Waals surface area (Å²) in [4.78, 5) is 12.1. The fraction of sp³-hybridized carbons (Fsp3) is 0.476. The summed E-state index contributed by atoms with van der Waals surface area (Å²) in [6.45, 7) is 7.89. The Labute approximate surface area is 149 Å². The van der Waals surface area contributed by atoms with Crippen LogP contribution < -0.4 is 10.1 Å². The molecular formula is C21H27NO3. The molecule has 0 saturated heterocycles. The van der Waals surface area contributed by atoms with Gasteiger partial charge >= 0.3 is 0 Å². The van der Waals surface area contributed by atoms with Gasteiger partial charge in [0.1, 0.15) is 17.1 Å². The maximum Gasteiger partial charge on any atom is 0.244 e. The molecule has 134 valence electrons. The molecule has 0 atom stereocenters. The molecule has 1 heterocycles. The van der Waals surface area contributed by atoms with Gasteiger partial charge in [-0.2, -0.15) is 0 Å². The largest absolute Gasteiger partial charge is 0.496 e. The van der Waals surface area contributed by atoms with Gasteiger partial charge in [-0.1, -0.05) is 0 Å². The third-order valence-corrected chi connectivity index (χ3v) is 4.83. The Hall–Kier alpha value is -2.23. The molecule has 0 saturated carbocycles. The van der Waals surface area contributed by atoms with Crippen LogP contribution in [0, 0.1) is 6.92 Å². The highest BCUT2D eigenvalue weighted by atomic mass is 16.5. The van der Waals surface area contributed by atoms with Gasteiger partial charge in [-0.15, -0.1) is 0 Å². The van der Waals surface area contributed by atoms with Crippen molar-refractivity contribution >= 4 is 22.4 Å². The number of allylic oxidation sites excluding steroid dienone is 1. The number of furan rings is 1. The number of benzene rings is 1. The smallest absolute Gasteiger partial charge is 0.244 e. The summed E-state index contributed by atoms with van der Waals surface area (Å²) >= 11 is 0. The molecule has 4 heteroatoms. The molecule has 1 amide bonds. The van der Waals surface area contributed by atoms with E-state index in [1.165, 1.54) is 23.8 Å². The number of fused-ring (bicyclic) bond motifs is 3. The van der Waals surface area contributed by atoms with Crippen LogP contribution in [0.1, 0.15) is 56.1 Å². The number of rotatable bonds is 4. The van der Waals surface area contributed by atoms with Crippen LogP contribution in [-0.4, -0.2) is 19.1 Å². The number of aryl methyl sites for hydroxylation is 3. The summed E-state index contributed by atoms with van der Waals surface area (Å²) in [5, 5.41) is 4.07. The van der Waals surface area contributed by atoms with Crippen LogP contribution in [0.15, 0.2) is 16.6 Å². The Morgan fingerprint density at radius 1 is 1.32 bits per heavy atom. The van der Waals surface area contributed by atoms with E-state index in [0.717, 1.165) is 46.6 Å². The van der Waals surface area contributed by atoms with E-state index in [1.807, 2.05) is 27.7 Å². The number of ether oxygens (including phenoxy) is 1. The second kappa shape index (κ2) is 6.95. The first-order chi connectivity index (χ1) is 11.9. The molecule has 25 heavy (non-hydrogen) atoms. The first-order valence-electron chi connectivity index (χ1n) is 9.03. The van der Waals surface area contributed by atoms with E-state index in [1.54, 1.807) is 13.2 Å². The Bertz CT molecular complexity index is 843. The van der Waals surface area contributed by atoms with Gasteiger partial charge in [0.25, 0.3) is 0 Å². The van der Waals surface area contributed by atoms with Crippen LogP contribution in [0.4, 0.5) is 0 Å². The third kappa shape index (κ3) is 3.30. The predicted octanol–water partition coefficient (Wildman–Crippen LogP) is 4.56. The molecule has 1 N–H and O–H groups in total. The topological polar surface area (TPSA) is 51.5 Å². The normalized spacial score (nSPS) is 14.7. The van der Waals surface area contributed by atoms with Gasteiger partial charge in [0, 0.05) is 40.6 Å². The molecular weight excluding hydrogens is 314 g/mol. The number of carbonyl (C=O) groups excluding carboxylic acids is 1. The number of hydrogen-bond donors (Lipinski definition) is 1. The van der Waals surface area contributed by atoms with Crippen molar-refractivity contribution in [2.75, 3.05) is 7.11 Å². The number of hydrogen-bond acceptors (Lipinski definition) is 3. The van der Waals surface area contributed by atoms with E-state index in [4.69, 9.17) is 9.15 Å². The van der Waals surface area contributed by atoms with Gasteiger partial charge in [0.2, 0.25) is 5.91 Å². The highest BCUT2D eigenvalue weighted by Gasteiger charge is 2.23. The zero-order chi connectivity index (χ0) is 18.1. The minimum Gasteiger partial charge on any atom is -0.496 e. The molecule has 4 nitrogen and oxygen atoms in total. The average molecular weight is 341 g/mol. The standard InChI is InChI=1S/C21H27NO3/c1-12(2)22-19(23)10-13(3)16-11-17-15-8-6-7-9-18(15)25-21(17)14(4)20(16)24-5/h10-12H,6-9H2,1-5H3,(H,22,23)/b13-10+. The quantitative estimate of drug-likeness (QED) is 0.830. The number of methoxy groups -OCH3 is 1. The molecule has 0 bridgehead atoms. The monoisotopic (exact) mass is 341 g/mol. The fourth-order valence-corrected chi connectivity index (χ4v) is 3.69. The molecule has 1 aromatic heterocycles. The minimum absolute atomic E-state index is 0.0819. The second-order valence-corrected chi connectivity index (χ2v) is 7.16. The SMILES string of the molecule is COc1c(/C(C)=C/C(=O)NC(C)C)cc2c3c(oc2c1C)CCCC3. The summed E-state index contributed by atoms with van der Waals surface area (Å²) in [6.07, 6.45) is 6.10. The Morgan fingerprint density at radius 3 is 2.72 bits per heavy atom. The van der Waals surface area contributed by atoms with Gasteiger partial charge in [-0.25, -0.2) is 0 Å². The molecule has 0 unspecified atom stereocenters. The molecule has 1 aromatic carbocycles. The van der Waals surface area contributed by atoms with Gasteiger partial charge in [-0.3, -0.25) is 4.79 Å². The van der Waals surface area contributed by atoms with Gasteiger partial charge in [0.15, 0.2) is 0 Å². The lowest BCUT2D eigenvalue weighted by atomic mass is 9.93. The highest BCUT2D eigenvalue weighted by molar-refractivity contribution is 5.98.